The van der Waals surface area contributed by atoms with E-state index < -0.39 is 23.8 Å². The molecule has 1 atom stereocenters. The van der Waals surface area contributed by atoms with Gasteiger partial charge >= 0.3 is 6.03 Å². The number of hydrogen-bond donors (Lipinski definition) is 1. The first kappa shape index (κ1) is 13.9. The predicted octanol–water partition coefficient (Wildman–Crippen LogP) is 1.28. The molecule has 1 aliphatic heterocycles. The first-order valence-electron chi connectivity index (χ1n) is 6.30. The van der Waals surface area contributed by atoms with Crippen molar-refractivity contribution in [2.45, 2.75) is 13.8 Å². The number of carbonyl (C=O) groups excluding carboxylic acids is 3. The number of barbiturate groups is 1. The summed E-state index contributed by atoms with van der Waals surface area (Å²) in [6.45, 7) is 4.06. The van der Waals surface area contributed by atoms with Crippen LogP contribution >= 0.6 is 0 Å². The molecule has 0 saturated carbocycles. The van der Waals surface area contributed by atoms with Gasteiger partial charge in [-0.3, -0.25) is 19.9 Å². The van der Waals surface area contributed by atoms with E-state index in [0.717, 1.165) is 10.5 Å². The summed E-state index contributed by atoms with van der Waals surface area (Å²) in [6, 6.07) is 6.27. The lowest BCUT2D eigenvalue weighted by molar-refractivity contribution is -0.131. The fourth-order valence-corrected chi connectivity index (χ4v) is 1.98. The van der Waals surface area contributed by atoms with Gasteiger partial charge in [-0.2, -0.15) is 0 Å². The maximum absolute atomic E-state index is 12.4. The molecule has 1 aliphatic rings. The summed E-state index contributed by atoms with van der Waals surface area (Å²) in [5.41, 5.74) is 1.24. The third-order valence-corrected chi connectivity index (χ3v) is 3.00. The molecule has 0 radical (unpaired) electrons. The van der Waals surface area contributed by atoms with Gasteiger partial charge in [-0.25, -0.2) is 9.69 Å². The molecule has 1 fully saturated rings. The maximum Gasteiger partial charge on any atom is 0.335 e. The molecule has 0 aromatic heterocycles. The van der Waals surface area contributed by atoms with E-state index in [4.69, 9.17) is 0 Å². The molecule has 104 valence electrons. The number of para-hydroxylation sites is 1. The summed E-state index contributed by atoms with van der Waals surface area (Å²) < 4.78 is 0. The molecule has 1 N–H and O–H groups in total. The Morgan fingerprint density at radius 3 is 2.65 bits per heavy atom. The summed E-state index contributed by atoms with van der Waals surface area (Å²) in [5, 5.41) is 2.18. The first-order chi connectivity index (χ1) is 9.56. The topological polar surface area (TPSA) is 78.8 Å². The number of nitrogens with zero attached hydrogens (tertiary/aromatic N) is 2. The van der Waals surface area contributed by atoms with Gasteiger partial charge in [0, 0.05) is 12.8 Å². The fraction of sp³-hybridized carbons (Fsp3) is 0.286. The highest BCUT2D eigenvalue weighted by molar-refractivity contribution is 6.32. The lowest BCUT2D eigenvalue weighted by Crippen LogP contribution is -2.58. The van der Waals surface area contributed by atoms with Crippen LogP contribution in [0.2, 0.25) is 0 Å². The zero-order valence-electron chi connectivity index (χ0n) is 11.3. The molecule has 1 saturated heterocycles. The zero-order chi connectivity index (χ0) is 14.7. The largest absolute Gasteiger partial charge is 0.335 e. The Bertz CT molecular complexity index is 595. The van der Waals surface area contributed by atoms with Gasteiger partial charge in [0.1, 0.15) is 0 Å². The highest BCUT2D eigenvalue weighted by Gasteiger charge is 2.40. The summed E-state index contributed by atoms with van der Waals surface area (Å²) in [5.74, 6) is -2.28. The standard InChI is InChI=1S/C14H15N3O3/c1-3-15-8-10-12(18)16-14(20)17(13(10)19)11-7-5-4-6-9(11)2/h4-8,10H,3H2,1-2H3,(H,16,18,20). The molecule has 1 aromatic rings. The Morgan fingerprint density at radius 2 is 2.00 bits per heavy atom. The van der Waals surface area contributed by atoms with Crippen LogP contribution in [0, 0.1) is 12.8 Å². The number of rotatable bonds is 3. The van der Waals surface area contributed by atoms with Crippen molar-refractivity contribution in [2.24, 2.45) is 10.9 Å². The monoisotopic (exact) mass is 273 g/mol. The number of amides is 4. The van der Waals surface area contributed by atoms with Crippen LogP contribution in [0.3, 0.4) is 0 Å². The van der Waals surface area contributed by atoms with Crippen LogP contribution in [-0.4, -0.2) is 30.6 Å². The van der Waals surface area contributed by atoms with E-state index >= 15 is 0 Å². The van der Waals surface area contributed by atoms with Crippen LogP contribution < -0.4 is 10.2 Å². The van der Waals surface area contributed by atoms with Crippen LogP contribution in [0.25, 0.3) is 0 Å². The van der Waals surface area contributed by atoms with Gasteiger partial charge in [0.05, 0.1) is 5.69 Å². The number of imide groups is 2. The molecular weight excluding hydrogens is 258 g/mol. The van der Waals surface area contributed by atoms with Crippen molar-refractivity contribution in [1.29, 1.82) is 0 Å². The number of urea groups is 1. The minimum absolute atomic E-state index is 0.468. The van der Waals surface area contributed by atoms with Crippen LogP contribution in [0.5, 0.6) is 0 Å². The summed E-state index contributed by atoms with van der Waals surface area (Å²) in [7, 11) is 0. The van der Waals surface area contributed by atoms with Crippen LogP contribution in [-0.2, 0) is 9.59 Å². The van der Waals surface area contributed by atoms with Gasteiger partial charge in [-0.05, 0) is 25.5 Å². The number of carbonyl (C=O) groups is 3. The van der Waals surface area contributed by atoms with Gasteiger partial charge < -0.3 is 0 Å². The van der Waals surface area contributed by atoms with Crippen LogP contribution in [0.15, 0.2) is 29.3 Å². The average molecular weight is 273 g/mol. The van der Waals surface area contributed by atoms with E-state index in [-0.39, 0.29) is 0 Å². The first-order valence-corrected chi connectivity index (χ1v) is 6.30. The third kappa shape index (κ3) is 2.45. The summed E-state index contributed by atoms with van der Waals surface area (Å²) in [6.07, 6.45) is 1.29. The Hall–Kier alpha value is -2.50. The predicted molar refractivity (Wildman–Crippen MR) is 74.7 cm³/mol. The second-order valence-electron chi connectivity index (χ2n) is 4.38. The molecule has 1 aromatic carbocycles. The molecule has 0 aliphatic carbocycles. The van der Waals surface area contributed by atoms with Gasteiger partial charge in [-0.1, -0.05) is 18.2 Å². The minimum Gasteiger partial charge on any atom is -0.296 e. The normalized spacial score (nSPS) is 19.6. The number of benzene rings is 1. The number of aryl methyl sites for hydroxylation is 1. The van der Waals surface area contributed by atoms with Crippen molar-refractivity contribution >= 4 is 29.7 Å². The molecule has 6 nitrogen and oxygen atoms in total. The van der Waals surface area contributed by atoms with E-state index in [1.165, 1.54) is 6.21 Å². The lowest BCUT2D eigenvalue weighted by Gasteiger charge is -2.29. The third-order valence-electron chi connectivity index (χ3n) is 3.00. The van der Waals surface area contributed by atoms with Crippen LogP contribution in [0.1, 0.15) is 12.5 Å². The van der Waals surface area contributed by atoms with Crippen LogP contribution in [0.4, 0.5) is 10.5 Å². The van der Waals surface area contributed by atoms with Crippen molar-refractivity contribution in [3.8, 4) is 0 Å². The van der Waals surface area contributed by atoms with Gasteiger partial charge in [0.15, 0.2) is 5.92 Å². The number of aliphatic imine (C=N–C) groups is 1. The number of nitrogens with one attached hydrogen (secondary N) is 1. The molecule has 0 bridgehead atoms. The highest BCUT2D eigenvalue weighted by atomic mass is 16.2. The Kier molecular flexibility index (Phi) is 3.93. The molecule has 1 heterocycles. The zero-order valence-corrected chi connectivity index (χ0v) is 11.3. The number of anilines is 1. The van der Waals surface area contributed by atoms with Gasteiger partial charge in [0.2, 0.25) is 5.91 Å². The molecule has 4 amide bonds. The van der Waals surface area contributed by atoms with Crippen molar-refractivity contribution in [3.63, 3.8) is 0 Å². The fourth-order valence-electron chi connectivity index (χ4n) is 1.98. The van der Waals surface area contributed by atoms with E-state index in [0.29, 0.717) is 12.2 Å². The van der Waals surface area contributed by atoms with Crippen molar-refractivity contribution in [2.75, 3.05) is 11.4 Å². The molecule has 0 spiro atoms. The maximum atomic E-state index is 12.4. The highest BCUT2D eigenvalue weighted by Crippen LogP contribution is 2.23. The second-order valence-corrected chi connectivity index (χ2v) is 4.38. The van der Waals surface area contributed by atoms with Crippen molar-refractivity contribution in [3.05, 3.63) is 29.8 Å². The van der Waals surface area contributed by atoms with E-state index in [2.05, 4.69) is 10.3 Å². The Morgan fingerprint density at radius 1 is 1.30 bits per heavy atom. The lowest BCUT2D eigenvalue weighted by atomic mass is 10.0. The van der Waals surface area contributed by atoms with E-state index in [1.807, 2.05) is 6.07 Å². The summed E-state index contributed by atoms with van der Waals surface area (Å²) in [4.78, 5) is 40.9. The van der Waals surface area contributed by atoms with Gasteiger partial charge in [0.25, 0.3) is 5.91 Å². The SMILES string of the molecule is CCN=CC1C(=O)NC(=O)N(c2ccccc2C)C1=O. The number of hydrogen-bond acceptors (Lipinski definition) is 4. The van der Waals surface area contributed by atoms with E-state index in [9.17, 15) is 14.4 Å². The second kappa shape index (κ2) is 5.64. The van der Waals surface area contributed by atoms with Crippen molar-refractivity contribution in [1.82, 2.24) is 5.32 Å². The molecule has 6 heteroatoms. The molecule has 1 unspecified atom stereocenters. The molecule has 2 rings (SSSR count). The molecular formula is C14H15N3O3. The average Bonchev–Trinajstić information content (AvgIpc) is 2.40. The molecule has 20 heavy (non-hydrogen) atoms. The summed E-state index contributed by atoms with van der Waals surface area (Å²) >= 11 is 0. The van der Waals surface area contributed by atoms with Gasteiger partial charge in [-0.15, -0.1) is 0 Å². The van der Waals surface area contributed by atoms with Crippen molar-refractivity contribution < 1.29 is 14.4 Å². The quantitative estimate of drug-likeness (QED) is 0.665. The Balaban J connectivity index is 2.40. The minimum atomic E-state index is -1.06. The Labute approximate surface area is 116 Å². The smallest absolute Gasteiger partial charge is 0.296 e. The van der Waals surface area contributed by atoms with E-state index in [1.54, 1.807) is 32.0 Å².